The zero-order valence-electron chi connectivity index (χ0n) is 10.2. The number of nitrogens with two attached hydrogens (primary N) is 1. The molecule has 1 rings (SSSR count). The van der Waals surface area contributed by atoms with Crippen molar-refractivity contribution in [2.45, 2.75) is 11.8 Å². The molecule has 0 heterocycles. The first-order valence-corrected chi connectivity index (χ1v) is 8.43. The number of benzene rings is 1. The highest BCUT2D eigenvalue weighted by Crippen LogP contribution is 2.10. The predicted octanol–water partition coefficient (Wildman–Crippen LogP) is -0.544. The van der Waals surface area contributed by atoms with Crippen LogP contribution >= 0.6 is 0 Å². The maximum atomic E-state index is 11.8. The van der Waals surface area contributed by atoms with Crippen molar-refractivity contribution >= 4 is 25.8 Å². The van der Waals surface area contributed by atoms with Gasteiger partial charge < -0.3 is 0 Å². The second kappa shape index (κ2) is 5.78. The zero-order chi connectivity index (χ0) is 14.7. The second-order valence-electron chi connectivity index (χ2n) is 3.85. The van der Waals surface area contributed by atoms with Gasteiger partial charge in [-0.05, 0) is 19.1 Å². The molecule has 0 atom stereocenters. The van der Waals surface area contributed by atoms with Crippen molar-refractivity contribution in [3.05, 3.63) is 29.8 Å². The van der Waals surface area contributed by atoms with E-state index in [2.05, 4.69) is 4.72 Å². The highest BCUT2D eigenvalue weighted by molar-refractivity contribution is 7.90. The number of carbonyl (C=O) groups excluding carboxylic acids is 1. The fourth-order valence-electron chi connectivity index (χ4n) is 1.27. The number of primary sulfonamides is 1. The third-order valence-electron chi connectivity index (χ3n) is 2.25. The molecule has 0 aliphatic carbocycles. The van der Waals surface area contributed by atoms with Crippen molar-refractivity contribution in [3.8, 4) is 0 Å². The molecule has 0 spiro atoms. The summed E-state index contributed by atoms with van der Waals surface area (Å²) in [7, 11) is -7.52. The minimum atomic E-state index is -3.81. The number of Topliss-reactive ketones (excluding diaryl/α,β-unsaturated/α-hetero) is 1. The van der Waals surface area contributed by atoms with E-state index in [1.807, 2.05) is 0 Å². The van der Waals surface area contributed by atoms with Gasteiger partial charge in [0, 0.05) is 12.1 Å². The normalized spacial score (nSPS) is 12.3. The Morgan fingerprint density at radius 3 is 2.11 bits per heavy atom. The first-order valence-electron chi connectivity index (χ1n) is 5.23. The van der Waals surface area contributed by atoms with Crippen LogP contribution in [-0.4, -0.2) is 34.9 Å². The molecule has 0 amide bonds. The van der Waals surface area contributed by atoms with E-state index >= 15 is 0 Å². The predicted molar refractivity (Wildman–Crippen MR) is 69.6 cm³/mol. The van der Waals surface area contributed by atoms with Crippen LogP contribution in [0, 0.1) is 0 Å². The Hall–Kier alpha value is -1.29. The molecule has 0 aliphatic heterocycles. The fourth-order valence-corrected chi connectivity index (χ4v) is 2.82. The van der Waals surface area contributed by atoms with Gasteiger partial charge in [-0.25, -0.2) is 26.7 Å². The van der Waals surface area contributed by atoms with Crippen LogP contribution < -0.4 is 9.86 Å². The van der Waals surface area contributed by atoms with Gasteiger partial charge in [-0.1, -0.05) is 12.1 Å². The van der Waals surface area contributed by atoms with E-state index in [0.717, 1.165) is 0 Å². The van der Waals surface area contributed by atoms with Gasteiger partial charge in [-0.2, -0.15) is 0 Å². The molecule has 3 N–H and O–H groups in total. The largest absolute Gasteiger partial charge is 0.295 e. The quantitative estimate of drug-likeness (QED) is 0.683. The van der Waals surface area contributed by atoms with Gasteiger partial charge in [0.25, 0.3) is 0 Å². The Morgan fingerprint density at radius 2 is 1.68 bits per heavy atom. The van der Waals surface area contributed by atoms with Crippen molar-refractivity contribution in [1.29, 1.82) is 0 Å². The molecule has 1 aromatic carbocycles. The Kier molecular flexibility index (Phi) is 4.80. The summed E-state index contributed by atoms with van der Waals surface area (Å²) in [5.74, 6) is -0.663. The number of sulfonamides is 2. The van der Waals surface area contributed by atoms with E-state index in [4.69, 9.17) is 5.14 Å². The Bertz CT molecular complexity index is 662. The SMILES string of the molecule is CC(=O)c1ccc(S(=O)(=O)NCCS(N)(=O)=O)cc1. The maximum absolute atomic E-state index is 11.8. The number of ketones is 1. The molecule has 0 saturated carbocycles. The van der Waals surface area contributed by atoms with E-state index in [1.54, 1.807) is 0 Å². The molecule has 0 radical (unpaired) electrons. The summed E-state index contributed by atoms with van der Waals surface area (Å²) in [5, 5.41) is 4.76. The highest BCUT2D eigenvalue weighted by atomic mass is 32.2. The van der Waals surface area contributed by atoms with Crippen molar-refractivity contribution < 1.29 is 21.6 Å². The van der Waals surface area contributed by atoms with Crippen LogP contribution in [-0.2, 0) is 20.0 Å². The highest BCUT2D eigenvalue weighted by Gasteiger charge is 2.15. The van der Waals surface area contributed by atoms with Crippen LogP contribution in [0.15, 0.2) is 29.2 Å². The number of hydrogen-bond acceptors (Lipinski definition) is 5. The molecule has 0 bridgehead atoms. The fraction of sp³-hybridized carbons (Fsp3) is 0.300. The van der Waals surface area contributed by atoms with E-state index < -0.39 is 25.8 Å². The minimum Gasteiger partial charge on any atom is -0.295 e. The first kappa shape index (κ1) is 15.8. The van der Waals surface area contributed by atoms with Gasteiger partial charge in [0.2, 0.25) is 20.0 Å². The lowest BCUT2D eigenvalue weighted by atomic mass is 10.2. The Balaban J connectivity index is 2.80. The molecule has 19 heavy (non-hydrogen) atoms. The van der Waals surface area contributed by atoms with Crippen LogP contribution in [0.1, 0.15) is 17.3 Å². The minimum absolute atomic E-state index is 0.0491. The summed E-state index contributed by atoms with van der Waals surface area (Å²) in [4.78, 5) is 11.0. The Labute approximate surface area is 111 Å². The molecule has 0 unspecified atom stereocenters. The van der Waals surface area contributed by atoms with Crippen LogP contribution in [0.3, 0.4) is 0 Å². The molecule has 106 valence electrons. The van der Waals surface area contributed by atoms with Crippen LogP contribution in [0.5, 0.6) is 0 Å². The monoisotopic (exact) mass is 306 g/mol. The average molecular weight is 306 g/mol. The molecule has 0 saturated heterocycles. The van der Waals surface area contributed by atoms with Gasteiger partial charge >= 0.3 is 0 Å². The molecule has 7 nitrogen and oxygen atoms in total. The summed E-state index contributed by atoms with van der Waals surface area (Å²) in [6.07, 6.45) is 0. The van der Waals surface area contributed by atoms with Gasteiger partial charge in [-0.15, -0.1) is 0 Å². The second-order valence-corrected chi connectivity index (χ2v) is 7.35. The van der Waals surface area contributed by atoms with Crippen molar-refractivity contribution in [2.24, 2.45) is 5.14 Å². The number of hydrogen-bond donors (Lipinski definition) is 2. The summed E-state index contributed by atoms with van der Waals surface area (Å²) in [6, 6.07) is 5.32. The summed E-state index contributed by atoms with van der Waals surface area (Å²) in [6.45, 7) is 1.06. The third-order valence-corrected chi connectivity index (χ3v) is 4.50. The van der Waals surface area contributed by atoms with E-state index in [0.29, 0.717) is 5.56 Å². The molecule has 0 fully saturated rings. The summed E-state index contributed by atoms with van der Waals surface area (Å²) in [5.41, 5.74) is 0.392. The standard InChI is InChI=1S/C10H14N2O5S2/c1-8(13)9-2-4-10(5-3-9)19(16,17)12-6-7-18(11,14)15/h2-5,12H,6-7H2,1H3,(H2,11,14,15). The first-order chi connectivity index (χ1) is 8.62. The summed E-state index contributed by atoms with van der Waals surface area (Å²) < 4.78 is 47.0. The topological polar surface area (TPSA) is 123 Å². The average Bonchev–Trinajstić information content (AvgIpc) is 2.27. The number of carbonyl (C=O) groups is 1. The van der Waals surface area contributed by atoms with Gasteiger partial charge in [-0.3, -0.25) is 4.79 Å². The van der Waals surface area contributed by atoms with E-state index in [9.17, 15) is 21.6 Å². The zero-order valence-corrected chi connectivity index (χ0v) is 11.8. The Morgan fingerprint density at radius 1 is 1.16 bits per heavy atom. The lowest BCUT2D eigenvalue weighted by Crippen LogP contribution is -2.31. The molecule has 0 aliphatic rings. The maximum Gasteiger partial charge on any atom is 0.240 e. The number of rotatable bonds is 6. The van der Waals surface area contributed by atoms with E-state index in [1.165, 1.54) is 31.2 Å². The third kappa shape index (κ3) is 5.07. The smallest absolute Gasteiger partial charge is 0.240 e. The molecule has 0 aromatic heterocycles. The van der Waals surface area contributed by atoms with Crippen LogP contribution in [0.25, 0.3) is 0 Å². The van der Waals surface area contributed by atoms with E-state index in [-0.39, 0.29) is 17.2 Å². The lowest BCUT2D eigenvalue weighted by Gasteiger charge is -2.06. The number of nitrogens with one attached hydrogen (secondary N) is 1. The van der Waals surface area contributed by atoms with Crippen LogP contribution in [0.2, 0.25) is 0 Å². The van der Waals surface area contributed by atoms with Crippen molar-refractivity contribution in [3.63, 3.8) is 0 Å². The van der Waals surface area contributed by atoms with Gasteiger partial charge in [0.05, 0.1) is 10.6 Å². The van der Waals surface area contributed by atoms with Gasteiger partial charge in [0.15, 0.2) is 5.78 Å². The lowest BCUT2D eigenvalue weighted by molar-refractivity contribution is 0.101. The molecular formula is C10H14N2O5S2. The van der Waals surface area contributed by atoms with Gasteiger partial charge in [0.1, 0.15) is 0 Å². The molecule has 1 aromatic rings. The molecule has 9 heteroatoms. The molecular weight excluding hydrogens is 292 g/mol. The summed E-state index contributed by atoms with van der Waals surface area (Å²) >= 11 is 0. The van der Waals surface area contributed by atoms with Crippen molar-refractivity contribution in [1.82, 2.24) is 4.72 Å². The van der Waals surface area contributed by atoms with Crippen molar-refractivity contribution in [2.75, 3.05) is 12.3 Å². The van der Waals surface area contributed by atoms with Crippen LogP contribution in [0.4, 0.5) is 0 Å².